The van der Waals surface area contributed by atoms with Crippen molar-refractivity contribution < 1.29 is 9.53 Å². The highest BCUT2D eigenvalue weighted by atomic mass is 31.1. The summed E-state index contributed by atoms with van der Waals surface area (Å²) in [5.41, 5.74) is 4.52. The molecule has 0 saturated carbocycles. The lowest BCUT2D eigenvalue weighted by Gasteiger charge is -2.35. The smallest absolute Gasteiger partial charge is 0.160 e. The number of benzene rings is 2. The molecule has 3 heteroatoms. The second-order valence-electron chi connectivity index (χ2n) is 7.12. The second-order valence-corrected chi connectivity index (χ2v) is 8.87. The predicted octanol–water partition coefficient (Wildman–Crippen LogP) is 5.92. The van der Waals surface area contributed by atoms with Gasteiger partial charge in [0, 0.05) is 16.3 Å². The topological polar surface area (TPSA) is 26.3 Å². The maximum Gasteiger partial charge on any atom is 0.160 e. The molecule has 2 unspecified atom stereocenters. The molecule has 0 heterocycles. The molecule has 140 valence electrons. The van der Waals surface area contributed by atoms with Crippen LogP contribution in [0, 0.1) is 13.8 Å². The molecule has 0 bridgehead atoms. The van der Waals surface area contributed by atoms with Crippen molar-refractivity contribution >= 4 is 19.7 Å². The maximum absolute atomic E-state index is 12.2. The summed E-state index contributed by atoms with van der Waals surface area (Å²) in [6.07, 6.45) is 3.19. The molecule has 0 aliphatic rings. The zero-order chi connectivity index (χ0) is 19.3. The van der Waals surface area contributed by atoms with Crippen molar-refractivity contribution in [2.24, 2.45) is 0 Å². The van der Waals surface area contributed by atoms with Crippen LogP contribution in [0.2, 0.25) is 0 Å². The molecule has 0 aromatic heterocycles. The van der Waals surface area contributed by atoms with Crippen LogP contribution in [-0.4, -0.2) is 12.9 Å². The summed E-state index contributed by atoms with van der Waals surface area (Å²) in [7, 11) is 2.28. The predicted molar refractivity (Wildman–Crippen MR) is 114 cm³/mol. The zero-order valence-electron chi connectivity index (χ0n) is 16.9. The Hall–Kier alpha value is -1.66. The monoisotopic (exact) mass is 370 g/mol. The standard InChI is InChI=1S/C23H31O2P/c1-7-13-23(8-2,20-15-17(4)9-11-21(20)25-6)26-22-12-10-16(3)14-19(22)18(5)24/h9-12,14-15,26H,7-8,13H2,1-6H3. The Morgan fingerprint density at radius 3 is 2.31 bits per heavy atom. The average Bonchev–Trinajstić information content (AvgIpc) is 2.62. The number of carbonyl (C=O) groups excluding carboxylic acids is 1. The van der Waals surface area contributed by atoms with Crippen molar-refractivity contribution in [1.82, 2.24) is 0 Å². The molecule has 26 heavy (non-hydrogen) atoms. The summed E-state index contributed by atoms with van der Waals surface area (Å²) in [4.78, 5) is 12.2. The first-order chi connectivity index (χ1) is 12.4. The number of rotatable bonds is 8. The lowest BCUT2D eigenvalue weighted by Crippen LogP contribution is -2.25. The van der Waals surface area contributed by atoms with Crippen LogP contribution in [0.1, 0.15) is 67.1 Å². The van der Waals surface area contributed by atoms with E-state index >= 15 is 0 Å². The number of methoxy groups -OCH3 is 1. The van der Waals surface area contributed by atoms with Crippen molar-refractivity contribution in [1.29, 1.82) is 0 Å². The molecular weight excluding hydrogens is 339 g/mol. The van der Waals surface area contributed by atoms with Crippen molar-refractivity contribution in [2.45, 2.75) is 59.0 Å². The molecule has 2 aromatic carbocycles. The normalized spacial score (nSPS) is 13.8. The summed E-state index contributed by atoms with van der Waals surface area (Å²) in [5.74, 6) is 1.10. The first-order valence-electron chi connectivity index (χ1n) is 9.41. The van der Waals surface area contributed by atoms with Gasteiger partial charge in [-0.1, -0.05) is 64.2 Å². The highest BCUT2D eigenvalue weighted by Crippen LogP contribution is 2.51. The number of ether oxygens (including phenoxy) is 1. The van der Waals surface area contributed by atoms with Crippen molar-refractivity contribution in [2.75, 3.05) is 7.11 Å². The van der Waals surface area contributed by atoms with Gasteiger partial charge in [-0.3, -0.25) is 4.79 Å². The van der Waals surface area contributed by atoms with E-state index in [1.165, 1.54) is 16.4 Å². The van der Waals surface area contributed by atoms with Gasteiger partial charge in [0.25, 0.3) is 0 Å². The van der Waals surface area contributed by atoms with E-state index in [0.717, 1.165) is 36.1 Å². The number of Topliss-reactive ketones (excluding diaryl/α,β-unsaturated/α-hetero) is 1. The minimum atomic E-state index is -0.00836. The number of ketones is 1. The third kappa shape index (κ3) is 4.35. The third-order valence-electron chi connectivity index (χ3n) is 5.08. The molecule has 0 N–H and O–H groups in total. The van der Waals surface area contributed by atoms with Crippen LogP contribution in [0.15, 0.2) is 36.4 Å². The number of hydrogen-bond acceptors (Lipinski definition) is 2. The number of hydrogen-bond donors (Lipinski definition) is 0. The van der Waals surface area contributed by atoms with Gasteiger partial charge in [-0.05, 0) is 51.1 Å². The van der Waals surface area contributed by atoms with Gasteiger partial charge >= 0.3 is 0 Å². The Labute approximate surface area is 160 Å². The summed E-state index contributed by atoms with van der Waals surface area (Å²) < 4.78 is 5.73. The van der Waals surface area contributed by atoms with Gasteiger partial charge in [-0.2, -0.15) is 0 Å². The summed E-state index contributed by atoms with van der Waals surface area (Å²) in [6.45, 7) is 10.3. The second kappa shape index (κ2) is 8.82. The Balaban J connectivity index is 2.62. The Kier molecular flexibility index (Phi) is 7.01. The van der Waals surface area contributed by atoms with E-state index in [0.29, 0.717) is 8.58 Å². The van der Waals surface area contributed by atoms with Crippen LogP contribution in [0.5, 0.6) is 5.75 Å². The first-order valence-corrected chi connectivity index (χ1v) is 10.4. The van der Waals surface area contributed by atoms with Crippen LogP contribution < -0.4 is 10.0 Å². The van der Waals surface area contributed by atoms with Gasteiger partial charge in [0.2, 0.25) is 0 Å². The van der Waals surface area contributed by atoms with E-state index in [1.807, 2.05) is 13.0 Å². The van der Waals surface area contributed by atoms with Crippen molar-refractivity contribution in [3.8, 4) is 5.75 Å². The SMILES string of the molecule is CCCC(CC)(Pc1ccc(C)cc1C(C)=O)c1cc(C)ccc1OC. The van der Waals surface area contributed by atoms with E-state index in [2.05, 4.69) is 51.1 Å². The highest BCUT2D eigenvalue weighted by Gasteiger charge is 2.33. The zero-order valence-corrected chi connectivity index (χ0v) is 17.9. The van der Waals surface area contributed by atoms with Gasteiger partial charge in [0.05, 0.1) is 7.11 Å². The molecule has 0 aliphatic carbocycles. The molecule has 0 amide bonds. The van der Waals surface area contributed by atoms with Gasteiger partial charge in [0.1, 0.15) is 5.75 Å². The van der Waals surface area contributed by atoms with Crippen molar-refractivity contribution in [3.63, 3.8) is 0 Å². The summed E-state index contributed by atoms with van der Waals surface area (Å²) in [5, 5.41) is 1.16. The van der Waals surface area contributed by atoms with Gasteiger partial charge in [-0.15, -0.1) is 0 Å². The van der Waals surface area contributed by atoms with Gasteiger partial charge in [-0.25, -0.2) is 0 Å². The molecule has 0 aliphatic heterocycles. The van der Waals surface area contributed by atoms with E-state index in [9.17, 15) is 4.79 Å². The van der Waals surface area contributed by atoms with E-state index in [4.69, 9.17) is 4.74 Å². The van der Waals surface area contributed by atoms with Gasteiger partial charge in [0.15, 0.2) is 5.78 Å². The van der Waals surface area contributed by atoms with E-state index in [-0.39, 0.29) is 10.9 Å². The molecule has 2 aromatic rings. The lowest BCUT2D eigenvalue weighted by molar-refractivity contribution is 0.101. The lowest BCUT2D eigenvalue weighted by atomic mass is 9.89. The molecule has 0 radical (unpaired) electrons. The fraction of sp³-hybridized carbons (Fsp3) is 0.435. The average molecular weight is 370 g/mol. The minimum Gasteiger partial charge on any atom is -0.496 e. The fourth-order valence-corrected chi connectivity index (χ4v) is 5.61. The molecule has 2 atom stereocenters. The first kappa shape index (κ1) is 20.6. The van der Waals surface area contributed by atoms with Crippen LogP contribution in [0.3, 0.4) is 0 Å². The van der Waals surface area contributed by atoms with Crippen LogP contribution >= 0.6 is 8.58 Å². The molecule has 2 nitrogen and oxygen atoms in total. The van der Waals surface area contributed by atoms with Crippen molar-refractivity contribution in [3.05, 3.63) is 58.7 Å². The van der Waals surface area contributed by atoms with Crippen LogP contribution in [0.4, 0.5) is 0 Å². The molecule has 0 fully saturated rings. The highest BCUT2D eigenvalue weighted by molar-refractivity contribution is 7.48. The Bertz CT molecular complexity index is 782. The fourth-order valence-electron chi connectivity index (χ4n) is 3.66. The summed E-state index contributed by atoms with van der Waals surface area (Å²) in [6, 6.07) is 12.7. The van der Waals surface area contributed by atoms with E-state index < -0.39 is 0 Å². The minimum absolute atomic E-state index is 0.00836. The quantitative estimate of drug-likeness (QED) is 0.426. The van der Waals surface area contributed by atoms with Crippen LogP contribution in [0.25, 0.3) is 0 Å². The Morgan fingerprint density at radius 1 is 1.08 bits per heavy atom. The third-order valence-corrected chi connectivity index (χ3v) is 7.14. The largest absolute Gasteiger partial charge is 0.496 e. The number of aryl methyl sites for hydroxylation is 2. The summed E-state index contributed by atoms with van der Waals surface area (Å²) >= 11 is 0. The maximum atomic E-state index is 12.2. The number of carbonyl (C=O) groups is 1. The molecular formula is C23H31O2P. The molecule has 2 rings (SSSR count). The molecule has 0 spiro atoms. The van der Waals surface area contributed by atoms with E-state index in [1.54, 1.807) is 14.0 Å². The van der Waals surface area contributed by atoms with Gasteiger partial charge < -0.3 is 4.74 Å². The Morgan fingerprint density at radius 2 is 1.73 bits per heavy atom. The molecule has 0 saturated heterocycles. The van der Waals surface area contributed by atoms with Crippen LogP contribution in [-0.2, 0) is 5.16 Å².